The molecular weight excluding hydrogens is 311 g/mol. The third-order valence-electron chi connectivity index (χ3n) is 5.49. The molecule has 2 aliphatic heterocycles. The lowest BCUT2D eigenvalue weighted by molar-refractivity contribution is 0.00578. The maximum Gasteiger partial charge on any atom is 0.494 e. The van der Waals surface area contributed by atoms with Gasteiger partial charge in [-0.3, -0.25) is 0 Å². The molecule has 0 saturated carbocycles. The van der Waals surface area contributed by atoms with Crippen molar-refractivity contribution in [3.8, 4) is 0 Å². The van der Waals surface area contributed by atoms with E-state index in [1.165, 1.54) is 5.56 Å². The van der Waals surface area contributed by atoms with Gasteiger partial charge < -0.3 is 9.31 Å². The van der Waals surface area contributed by atoms with E-state index < -0.39 is 9.84 Å². The fraction of sp³-hybridized carbons (Fsp3) is 0.647. The molecule has 0 aromatic heterocycles. The first-order chi connectivity index (χ1) is 10.6. The summed E-state index contributed by atoms with van der Waals surface area (Å²) in [7, 11) is -3.16. The summed E-state index contributed by atoms with van der Waals surface area (Å²) in [6.07, 6.45) is 1.44. The van der Waals surface area contributed by atoms with Crippen molar-refractivity contribution in [3.63, 3.8) is 0 Å². The quantitative estimate of drug-likeness (QED) is 0.778. The van der Waals surface area contributed by atoms with Crippen LogP contribution in [0.4, 0.5) is 0 Å². The second-order valence-corrected chi connectivity index (χ2v) is 9.98. The summed E-state index contributed by atoms with van der Waals surface area (Å²) in [5.74, 6) is 0.943. The second-order valence-electron chi connectivity index (χ2n) is 7.68. The maximum absolute atomic E-state index is 11.5. The largest absolute Gasteiger partial charge is 0.494 e. The summed E-state index contributed by atoms with van der Waals surface area (Å²) < 4.78 is 35.2. The Balaban J connectivity index is 1.71. The Hall–Kier alpha value is -0.845. The molecule has 2 aliphatic rings. The molecule has 0 radical (unpaired) electrons. The summed E-state index contributed by atoms with van der Waals surface area (Å²) in [4.78, 5) is 0. The topological polar surface area (TPSA) is 52.6 Å². The average molecular weight is 336 g/mol. The van der Waals surface area contributed by atoms with E-state index in [1.807, 2.05) is 39.8 Å². The molecule has 0 unspecified atom stereocenters. The van der Waals surface area contributed by atoms with Crippen molar-refractivity contribution in [1.82, 2.24) is 0 Å². The minimum atomic E-state index is -2.81. The van der Waals surface area contributed by atoms with Gasteiger partial charge in [-0.25, -0.2) is 8.42 Å². The lowest BCUT2D eigenvalue weighted by Crippen LogP contribution is -2.41. The van der Waals surface area contributed by atoms with Gasteiger partial charge in [0.15, 0.2) is 0 Å². The van der Waals surface area contributed by atoms with Crippen LogP contribution >= 0.6 is 0 Å². The molecule has 4 nitrogen and oxygen atoms in total. The van der Waals surface area contributed by atoms with E-state index in [2.05, 4.69) is 12.1 Å². The van der Waals surface area contributed by atoms with Gasteiger partial charge in [-0.05, 0) is 57.5 Å². The number of hydrogen-bond donors (Lipinski definition) is 0. The molecule has 0 bridgehead atoms. The van der Waals surface area contributed by atoms with Gasteiger partial charge in [0, 0.05) is 0 Å². The SMILES string of the molecule is CC1(C)OB(c2ccc(C3CCS(=O)(=O)CC3)cc2)OC1(C)C. The summed E-state index contributed by atoms with van der Waals surface area (Å²) in [6, 6.07) is 8.26. The van der Waals surface area contributed by atoms with Crippen LogP contribution in [-0.2, 0) is 19.1 Å². The molecule has 6 heteroatoms. The lowest BCUT2D eigenvalue weighted by Gasteiger charge is -2.32. The second kappa shape index (κ2) is 5.61. The van der Waals surface area contributed by atoms with Crippen LogP contribution in [-0.4, -0.2) is 38.2 Å². The molecule has 0 N–H and O–H groups in total. The van der Waals surface area contributed by atoms with E-state index in [0.29, 0.717) is 17.4 Å². The van der Waals surface area contributed by atoms with E-state index in [0.717, 1.165) is 18.3 Å². The normalized spacial score (nSPS) is 26.3. The summed E-state index contributed by atoms with van der Waals surface area (Å²) in [5, 5.41) is 0. The van der Waals surface area contributed by atoms with Gasteiger partial charge in [-0.1, -0.05) is 24.3 Å². The van der Waals surface area contributed by atoms with Crippen molar-refractivity contribution in [1.29, 1.82) is 0 Å². The third kappa shape index (κ3) is 3.35. The third-order valence-corrected chi connectivity index (χ3v) is 7.20. The van der Waals surface area contributed by atoms with E-state index in [-0.39, 0.29) is 18.3 Å². The predicted octanol–water partition coefficient (Wildman–Crippen LogP) is 2.28. The van der Waals surface area contributed by atoms with Crippen LogP contribution < -0.4 is 5.46 Å². The van der Waals surface area contributed by atoms with Crippen LogP contribution in [0.3, 0.4) is 0 Å². The molecule has 1 aromatic rings. The van der Waals surface area contributed by atoms with Crippen molar-refractivity contribution in [2.45, 2.75) is 57.7 Å². The predicted molar refractivity (Wildman–Crippen MR) is 92.8 cm³/mol. The fourth-order valence-corrected chi connectivity index (χ4v) is 4.62. The summed E-state index contributed by atoms with van der Waals surface area (Å²) in [6.45, 7) is 8.18. The van der Waals surface area contributed by atoms with Crippen molar-refractivity contribution < 1.29 is 17.7 Å². The molecule has 0 amide bonds. The highest BCUT2D eigenvalue weighted by molar-refractivity contribution is 7.91. The minimum Gasteiger partial charge on any atom is -0.399 e. The molecule has 3 rings (SSSR count). The van der Waals surface area contributed by atoms with E-state index in [1.54, 1.807) is 0 Å². The highest BCUT2D eigenvalue weighted by Crippen LogP contribution is 2.36. The van der Waals surface area contributed by atoms with Gasteiger partial charge >= 0.3 is 7.12 Å². The maximum atomic E-state index is 11.5. The van der Waals surface area contributed by atoms with Crippen LogP contribution in [0.15, 0.2) is 24.3 Å². The molecule has 2 saturated heterocycles. The molecule has 23 heavy (non-hydrogen) atoms. The Bertz CT molecular complexity index is 649. The van der Waals surface area contributed by atoms with Crippen molar-refractivity contribution in [3.05, 3.63) is 29.8 Å². The standard InChI is InChI=1S/C17H25BO4S/c1-16(2)17(3,4)22-18(21-16)15-7-5-13(6-8-15)14-9-11-23(19,20)12-10-14/h5-8,14H,9-12H2,1-4H3. The summed E-state index contributed by atoms with van der Waals surface area (Å²) >= 11 is 0. The van der Waals surface area contributed by atoms with Crippen molar-refractivity contribution >= 4 is 22.4 Å². The Morgan fingerprint density at radius 1 is 0.957 bits per heavy atom. The first-order valence-electron chi connectivity index (χ1n) is 8.26. The van der Waals surface area contributed by atoms with Crippen LogP contribution in [0.1, 0.15) is 52.0 Å². The minimum absolute atomic E-state index is 0.302. The van der Waals surface area contributed by atoms with Gasteiger partial charge in [0.1, 0.15) is 9.84 Å². The zero-order valence-electron chi connectivity index (χ0n) is 14.3. The highest BCUT2D eigenvalue weighted by Gasteiger charge is 2.51. The summed E-state index contributed by atoms with van der Waals surface area (Å²) in [5.41, 5.74) is 1.54. The first-order valence-corrected chi connectivity index (χ1v) is 10.1. The van der Waals surface area contributed by atoms with E-state index in [9.17, 15) is 8.42 Å². The average Bonchev–Trinajstić information content (AvgIpc) is 2.68. The Labute approximate surface area is 139 Å². The number of benzene rings is 1. The fourth-order valence-electron chi connectivity index (χ4n) is 3.13. The Morgan fingerprint density at radius 3 is 1.91 bits per heavy atom. The van der Waals surface area contributed by atoms with Crippen molar-refractivity contribution in [2.75, 3.05) is 11.5 Å². The molecule has 2 heterocycles. The van der Waals surface area contributed by atoms with Gasteiger partial charge in [0.05, 0.1) is 22.7 Å². The Kier molecular flexibility index (Phi) is 4.14. The number of sulfone groups is 1. The van der Waals surface area contributed by atoms with Crippen LogP contribution in [0, 0.1) is 0 Å². The van der Waals surface area contributed by atoms with Crippen LogP contribution in [0.5, 0.6) is 0 Å². The number of rotatable bonds is 2. The molecular formula is C17H25BO4S. The molecule has 0 aliphatic carbocycles. The van der Waals surface area contributed by atoms with E-state index >= 15 is 0 Å². The zero-order chi connectivity index (χ0) is 16.9. The highest BCUT2D eigenvalue weighted by atomic mass is 32.2. The lowest BCUT2D eigenvalue weighted by atomic mass is 9.78. The van der Waals surface area contributed by atoms with Gasteiger partial charge in [-0.15, -0.1) is 0 Å². The molecule has 2 fully saturated rings. The van der Waals surface area contributed by atoms with Gasteiger partial charge in [0.2, 0.25) is 0 Å². The van der Waals surface area contributed by atoms with Crippen LogP contribution in [0.25, 0.3) is 0 Å². The molecule has 126 valence electrons. The molecule has 0 spiro atoms. The van der Waals surface area contributed by atoms with Crippen molar-refractivity contribution in [2.24, 2.45) is 0 Å². The smallest absolute Gasteiger partial charge is 0.399 e. The molecule has 0 atom stereocenters. The monoisotopic (exact) mass is 336 g/mol. The van der Waals surface area contributed by atoms with Crippen LogP contribution in [0.2, 0.25) is 0 Å². The molecule has 1 aromatic carbocycles. The van der Waals surface area contributed by atoms with Gasteiger partial charge in [-0.2, -0.15) is 0 Å². The zero-order valence-corrected chi connectivity index (χ0v) is 15.2. The first kappa shape index (κ1) is 17.0. The number of hydrogen-bond acceptors (Lipinski definition) is 4. The van der Waals surface area contributed by atoms with Gasteiger partial charge in [0.25, 0.3) is 0 Å². The van der Waals surface area contributed by atoms with E-state index in [4.69, 9.17) is 9.31 Å². The Morgan fingerprint density at radius 2 is 1.43 bits per heavy atom.